The maximum atomic E-state index is 5.63. The van der Waals surface area contributed by atoms with Gasteiger partial charge in [-0.05, 0) is 30.9 Å². The van der Waals surface area contributed by atoms with Gasteiger partial charge in [-0.15, -0.1) is 0 Å². The first kappa shape index (κ1) is 12.9. The normalized spacial score (nSPS) is 10.4. The van der Waals surface area contributed by atoms with E-state index in [2.05, 4.69) is 20.3 Å². The molecule has 0 radical (unpaired) electrons. The first-order valence-corrected chi connectivity index (χ1v) is 5.50. The minimum Gasteiger partial charge on any atom is -0.385 e. The third-order valence-electron chi connectivity index (χ3n) is 1.93. The fourth-order valence-electron chi connectivity index (χ4n) is 1.19. The molecule has 0 atom stereocenters. The molecule has 0 aliphatic heterocycles. The molecule has 0 amide bonds. The molecule has 6 nitrogen and oxygen atoms in total. The second-order valence-electron chi connectivity index (χ2n) is 3.27. The van der Waals surface area contributed by atoms with E-state index in [4.69, 9.17) is 22.1 Å². The molecule has 0 aliphatic carbocycles. The van der Waals surface area contributed by atoms with E-state index in [1.54, 1.807) is 7.11 Å². The van der Waals surface area contributed by atoms with Crippen LogP contribution in [0.3, 0.4) is 0 Å². The van der Waals surface area contributed by atoms with Crippen LogP contribution in [0.15, 0.2) is 0 Å². The van der Waals surface area contributed by atoms with Crippen molar-refractivity contribution >= 4 is 23.5 Å². The summed E-state index contributed by atoms with van der Waals surface area (Å²) in [6.07, 6.45) is 3.17. The highest BCUT2D eigenvalue weighted by Gasteiger charge is 2.00. The number of halogens is 1. The zero-order chi connectivity index (χ0) is 11.8. The van der Waals surface area contributed by atoms with E-state index in [-0.39, 0.29) is 11.2 Å². The van der Waals surface area contributed by atoms with Gasteiger partial charge in [0.15, 0.2) is 0 Å². The Morgan fingerprint density at radius 2 is 2.06 bits per heavy atom. The Labute approximate surface area is 99.6 Å². The maximum Gasteiger partial charge on any atom is 0.228 e. The van der Waals surface area contributed by atoms with Gasteiger partial charge in [0.25, 0.3) is 0 Å². The van der Waals surface area contributed by atoms with E-state index < -0.39 is 0 Å². The van der Waals surface area contributed by atoms with Gasteiger partial charge >= 0.3 is 0 Å². The minimum absolute atomic E-state index is 0.106. The van der Waals surface area contributed by atoms with Gasteiger partial charge in [-0.2, -0.15) is 15.0 Å². The van der Waals surface area contributed by atoms with Crippen molar-refractivity contribution in [2.75, 3.05) is 31.3 Å². The molecule has 0 spiro atoms. The van der Waals surface area contributed by atoms with E-state index in [1.165, 1.54) is 0 Å². The SMILES string of the molecule is COCCCCCNc1nc(N)nc(Cl)n1. The molecule has 3 N–H and O–H groups in total. The average Bonchev–Trinajstić information content (AvgIpc) is 2.22. The Balaban J connectivity index is 2.21. The fraction of sp³-hybridized carbons (Fsp3) is 0.667. The van der Waals surface area contributed by atoms with Gasteiger partial charge < -0.3 is 15.8 Å². The first-order valence-electron chi connectivity index (χ1n) is 5.12. The lowest BCUT2D eigenvalue weighted by Crippen LogP contribution is -2.08. The minimum atomic E-state index is 0.106. The van der Waals surface area contributed by atoms with Crippen LogP contribution in [0.2, 0.25) is 5.28 Å². The second kappa shape index (κ2) is 7.19. The Morgan fingerprint density at radius 1 is 1.25 bits per heavy atom. The molecule has 1 aromatic rings. The number of nitrogens with two attached hydrogens (primary N) is 1. The summed E-state index contributed by atoms with van der Waals surface area (Å²) >= 11 is 5.63. The number of anilines is 2. The van der Waals surface area contributed by atoms with E-state index in [9.17, 15) is 0 Å². The lowest BCUT2D eigenvalue weighted by Gasteiger charge is -2.04. The van der Waals surface area contributed by atoms with Crippen molar-refractivity contribution in [2.24, 2.45) is 0 Å². The maximum absolute atomic E-state index is 5.63. The molecule has 1 aromatic heterocycles. The number of nitrogens with one attached hydrogen (secondary N) is 1. The first-order chi connectivity index (χ1) is 7.72. The van der Waals surface area contributed by atoms with Crippen LogP contribution in [-0.4, -0.2) is 35.2 Å². The molecule has 16 heavy (non-hydrogen) atoms. The standard InChI is InChI=1S/C9H16ClN5O/c1-16-6-4-2-3-5-12-9-14-7(10)13-8(11)15-9/h2-6H2,1H3,(H3,11,12,13,14,15). The number of nitrogens with zero attached hydrogens (tertiary/aromatic N) is 3. The third kappa shape index (κ3) is 5.09. The Bertz CT molecular complexity index is 303. The fourth-order valence-corrected chi connectivity index (χ4v) is 1.36. The molecule has 0 fully saturated rings. The van der Waals surface area contributed by atoms with Crippen molar-refractivity contribution in [3.05, 3.63) is 5.28 Å². The highest BCUT2D eigenvalue weighted by atomic mass is 35.5. The summed E-state index contributed by atoms with van der Waals surface area (Å²) in [5, 5.41) is 3.14. The van der Waals surface area contributed by atoms with Crippen molar-refractivity contribution in [1.82, 2.24) is 15.0 Å². The lowest BCUT2D eigenvalue weighted by molar-refractivity contribution is 0.192. The van der Waals surface area contributed by atoms with Crippen LogP contribution in [0.1, 0.15) is 19.3 Å². The zero-order valence-electron chi connectivity index (χ0n) is 9.24. The molecule has 0 aliphatic rings. The number of unbranched alkanes of at least 4 members (excludes halogenated alkanes) is 2. The van der Waals surface area contributed by atoms with Crippen molar-refractivity contribution in [3.8, 4) is 0 Å². The summed E-state index contributed by atoms with van der Waals surface area (Å²) in [6.45, 7) is 1.58. The molecule has 0 unspecified atom stereocenters. The highest BCUT2D eigenvalue weighted by molar-refractivity contribution is 6.28. The predicted molar refractivity (Wildman–Crippen MR) is 63.5 cm³/mol. The number of rotatable bonds is 7. The van der Waals surface area contributed by atoms with Crippen molar-refractivity contribution in [3.63, 3.8) is 0 Å². The molecular weight excluding hydrogens is 230 g/mol. The molecular formula is C9H16ClN5O. The smallest absolute Gasteiger partial charge is 0.228 e. The molecule has 7 heteroatoms. The van der Waals surface area contributed by atoms with E-state index in [1.807, 2.05) is 0 Å². The Kier molecular flexibility index (Phi) is 5.81. The Morgan fingerprint density at radius 3 is 2.75 bits per heavy atom. The topological polar surface area (TPSA) is 86.0 Å². The van der Waals surface area contributed by atoms with Crippen molar-refractivity contribution < 1.29 is 4.74 Å². The number of ether oxygens (including phenoxy) is 1. The number of hydrogen-bond donors (Lipinski definition) is 2. The number of hydrogen-bond acceptors (Lipinski definition) is 6. The van der Waals surface area contributed by atoms with Crippen LogP contribution in [0.5, 0.6) is 0 Å². The zero-order valence-corrected chi connectivity index (χ0v) is 10.00. The molecule has 0 bridgehead atoms. The van der Waals surface area contributed by atoms with Gasteiger partial charge in [-0.25, -0.2) is 0 Å². The van der Waals surface area contributed by atoms with Gasteiger partial charge in [0.2, 0.25) is 17.2 Å². The predicted octanol–water partition coefficient (Wildman–Crippen LogP) is 1.34. The van der Waals surface area contributed by atoms with Crippen molar-refractivity contribution in [2.45, 2.75) is 19.3 Å². The average molecular weight is 246 g/mol. The molecule has 1 heterocycles. The van der Waals surface area contributed by atoms with Gasteiger partial charge in [0.05, 0.1) is 0 Å². The third-order valence-corrected chi connectivity index (χ3v) is 2.10. The number of methoxy groups -OCH3 is 1. The molecule has 0 saturated carbocycles. The molecule has 1 rings (SSSR count). The van der Waals surface area contributed by atoms with Crippen LogP contribution in [0.25, 0.3) is 0 Å². The molecule has 90 valence electrons. The summed E-state index contributed by atoms with van der Waals surface area (Å²) in [7, 11) is 1.70. The van der Waals surface area contributed by atoms with E-state index in [0.29, 0.717) is 5.95 Å². The lowest BCUT2D eigenvalue weighted by atomic mass is 10.2. The van der Waals surface area contributed by atoms with Crippen LogP contribution in [-0.2, 0) is 4.74 Å². The molecule has 0 aromatic carbocycles. The largest absolute Gasteiger partial charge is 0.385 e. The van der Waals surface area contributed by atoms with Crippen molar-refractivity contribution in [1.29, 1.82) is 0 Å². The number of nitrogen functional groups attached to an aromatic ring is 1. The van der Waals surface area contributed by atoms with E-state index >= 15 is 0 Å². The van der Waals surface area contributed by atoms with Gasteiger partial charge in [0, 0.05) is 20.3 Å². The van der Waals surface area contributed by atoms with Crippen LogP contribution < -0.4 is 11.1 Å². The monoisotopic (exact) mass is 245 g/mol. The second-order valence-corrected chi connectivity index (χ2v) is 3.60. The van der Waals surface area contributed by atoms with Gasteiger partial charge in [-0.1, -0.05) is 0 Å². The van der Waals surface area contributed by atoms with Crippen LogP contribution >= 0.6 is 11.6 Å². The number of aromatic nitrogens is 3. The van der Waals surface area contributed by atoms with Crippen LogP contribution in [0.4, 0.5) is 11.9 Å². The summed E-state index contributed by atoms with van der Waals surface area (Å²) < 4.78 is 4.95. The van der Waals surface area contributed by atoms with Gasteiger partial charge in [0.1, 0.15) is 0 Å². The Hall–Kier alpha value is -1.14. The van der Waals surface area contributed by atoms with Crippen LogP contribution in [0, 0.1) is 0 Å². The molecule has 0 saturated heterocycles. The summed E-state index contributed by atoms with van der Waals surface area (Å²) in [5.41, 5.74) is 5.43. The summed E-state index contributed by atoms with van der Waals surface area (Å²) in [5.74, 6) is 0.547. The van der Waals surface area contributed by atoms with Gasteiger partial charge in [-0.3, -0.25) is 0 Å². The summed E-state index contributed by atoms with van der Waals surface area (Å²) in [4.78, 5) is 11.5. The quantitative estimate of drug-likeness (QED) is 0.705. The van der Waals surface area contributed by atoms with E-state index in [0.717, 1.165) is 32.4 Å². The highest BCUT2D eigenvalue weighted by Crippen LogP contribution is 2.07. The summed E-state index contributed by atoms with van der Waals surface area (Å²) in [6, 6.07) is 0.